The average Bonchev–Trinajstić information content (AvgIpc) is 3.30. The van der Waals surface area contributed by atoms with E-state index in [0.717, 1.165) is 0 Å². The topological polar surface area (TPSA) is 34.1 Å². The lowest BCUT2D eigenvalue weighted by molar-refractivity contribution is -0.0281. The molecule has 0 amide bonds. The maximum Gasteiger partial charge on any atom is 0.277 e. The molecule has 116 valence electrons. The maximum atomic E-state index is 14.5. The molecule has 1 aliphatic carbocycles. The minimum Gasteiger partial charge on any atom is -0.223 e. The first-order valence-electron chi connectivity index (χ1n) is 6.76. The van der Waals surface area contributed by atoms with Gasteiger partial charge in [-0.1, -0.05) is 41.9 Å². The van der Waals surface area contributed by atoms with E-state index < -0.39 is 26.9 Å². The second kappa shape index (κ2) is 5.32. The fourth-order valence-electron chi connectivity index (χ4n) is 2.57. The number of benzene rings is 2. The monoisotopic (exact) mass is 342 g/mol. The van der Waals surface area contributed by atoms with Crippen LogP contribution in [0.2, 0.25) is 5.02 Å². The number of halogens is 3. The van der Waals surface area contributed by atoms with Gasteiger partial charge in [0.15, 0.2) is 9.84 Å². The summed E-state index contributed by atoms with van der Waals surface area (Å²) in [6.07, 6.45) is -0.0349. The quantitative estimate of drug-likeness (QED) is 0.830. The minimum atomic E-state index is -3.72. The molecule has 0 radical (unpaired) electrons. The van der Waals surface area contributed by atoms with Gasteiger partial charge >= 0.3 is 0 Å². The van der Waals surface area contributed by atoms with Crippen LogP contribution in [0.25, 0.3) is 0 Å². The van der Waals surface area contributed by atoms with Crippen molar-refractivity contribution in [3.8, 4) is 0 Å². The van der Waals surface area contributed by atoms with Gasteiger partial charge < -0.3 is 0 Å². The number of hydrogen-bond acceptors (Lipinski definition) is 2. The van der Waals surface area contributed by atoms with E-state index in [1.54, 1.807) is 18.2 Å². The third kappa shape index (κ3) is 2.63. The summed E-state index contributed by atoms with van der Waals surface area (Å²) in [6.45, 7) is 0. The van der Waals surface area contributed by atoms with E-state index in [1.807, 2.05) is 0 Å². The van der Waals surface area contributed by atoms with Crippen LogP contribution in [0.5, 0.6) is 0 Å². The fourth-order valence-corrected chi connectivity index (χ4v) is 4.64. The third-order valence-corrected chi connectivity index (χ3v) is 6.40. The Morgan fingerprint density at radius 3 is 2.18 bits per heavy atom. The van der Waals surface area contributed by atoms with Crippen molar-refractivity contribution in [3.05, 3.63) is 65.2 Å². The Morgan fingerprint density at radius 1 is 1.00 bits per heavy atom. The molecule has 0 spiro atoms. The summed E-state index contributed by atoms with van der Waals surface area (Å²) >= 11 is 5.70. The smallest absolute Gasteiger partial charge is 0.223 e. The van der Waals surface area contributed by atoms with Gasteiger partial charge in [-0.15, -0.1) is 0 Å². The molecule has 3 rings (SSSR count). The van der Waals surface area contributed by atoms with Crippen molar-refractivity contribution in [2.75, 3.05) is 0 Å². The Kier molecular flexibility index (Phi) is 3.73. The van der Waals surface area contributed by atoms with Crippen LogP contribution in [0.3, 0.4) is 0 Å². The van der Waals surface area contributed by atoms with Gasteiger partial charge in [0.2, 0.25) is 0 Å². The van der Waals surface area contributed by atoms with Gasteiger partial charge in [-0.05, 0) is 30.7 Å². The van der Waals surface area contributed by atoms with Crippen molar-refractivity contribution < 1.29 is 17.2 Å². The summed E-state index contributed by atoms with van der Waals surface area (Å²) in [5.41, 5.74) is -0.201. The van der Waals surface area contributed by atoms with E-state index >= 15 is 0 Å². The Labute approximate surface area is 132 Å². The highest BCUT2D eigenvalue weighted by Gasteiger charge is 2.61. The summed E-state index contributed by atoms with van der Waals surface area (Å²) in [7, 11) is -3.72. The van der Waals surface area contributed by atoms with Crippen LogP contribution in [-0.2, 0) is 15.8 Å². The molecule has 0 saturated heterocycles. The van der Waals surface area contributed by atoms with E-state index in [2.05, 4.69) is 0 Å². The first kappa shape index (κ1) is 15.4. The first-order chi connectivity index (χ1) is 10.3. The van der Waals surface area contributed by atoms with Gasteiger partial charge in [0.1, 0.15) is 0 Å². The molecule has 1 fully saturated rings. The molecule has 22 heavy (non-hydrogen) atoms. The van der Waals surface area contributed by atoms with E-state index in [4.69, 9.17) is 11.6 Å². The molecule has 2 aromatic carbocycles. The molecular weight excluding hydrogens is 330 g/mol. The second-order valence-electron chi connectivity index (χ2n) is 5.37. The van der Waals surface area contributed by atoms with Crippen LogP contribution in [0.1, 0.15) is 12.0 Å². The lowest BCUT2D eigenvalue weighted by Crippen LogP contribution is -2.21. The first-order valence-corrected chi connectivity index (χ1v) is 8.68. The molecule has 2 nitrogen and oxygen atoms in total. The Balaban J connectivity index is 1.86. The summed E-state index contributed by atoms with van der Waals surface area (Å²) in [5.74, 6) is -4.38. The predicted octanol–water partition coefficient (Wildman–Crippen LogP) is 4.29. The van der Waals surface area contributed by atoms with Crippen molar-refractivity contribution in [3.63, 3.8) is 0 Å². The summed E-state index contributed by atoms with van der Waals surface area (Å²) in [5, 5.41) is -0.676. The minimum absolute atomic E-state index is 0.0349. The average molecular weight is 343 g/mol. The van der Waals surface area contributed by atoms with E-state index in [9.17, 15) is 17.2 Å². The normalized spacial score (nSPS) is 21.6. The van der Waals surface area contributed by atoms with Crippen molar-refractivity contribution in [2.24, 2.45) is 5.92 Å². The molecule has 2 aromatic rings. The maximum absolute atomic E-state index is 14.5. The van der Waals surface area contributed by atoms with Crippen molar-refractivity contribution >= 4 is 21.4 Å². The molecule has 2 atom stereocenters. The number of rotatable bonds is 4. The SMILES string of the molecule is O=S(=O)(c1ccccc1)[C@H]1C[C@H]1C(F)(F)c1ccc(Cl)cc1. The van der Waals surface area contributed by atoms with E-state index in [-0.39, 0.29) is 16.9 Å². The third-order valence-electron chi connectivity index (χ3n) is 3.90. The fraction of sp³-hybridized carbons (Fsp3) is 0.250. The largest absolute Gasteiger partial charge is 0.277 e. The Bertz CT molecular complexity index is 774. The molecule has 0 N–H and O–H groups in total. The molecule has 6 heteroatoms. The molecule has 1 saturated carbocycles. The Morgan fingerprint density at radius 2 is 1.59 bits per heavy atom. The molecular formula is C16H13ClF2O2S. The number of sulfone groups is 1. The van der Waals surface area contributed by atoms with Crippen LogP contribution in [-0.4, -0.2) is 13.7 Å². The summed E-state index contributed by atoms with van der Waals surface area (Å²) in [6, 6.07) is 13.0. The van der Waals surface area contributed by atoms with Crippen LogP contribution in [0.15, 0.2) is 59.5 Å². The van der Waals surface area contributed by atoms with Gasteiger partial charge in [0, 0.05) is 16.5 Å². The van der Waals surface area contributed by atoms with Crippen LogP contribution < -0.4 is 0 Å². The molecule has 0 bridgehead atoms. The zero-order valence-electron chi connectivity index (χ0n) is 11.4. The van der Waals surface area contributed by atoms with Gasteiger partial charge in [0.05, 0.1) is 10.1 Å². The Hall–Kier alpha value is -1.46. The van der Waals surface area contributed by atoms with Crippen LogP contribution >= 0.6 is 11.6 Å². The number of alkyl halides is 2. The molecule has 0 unspecified atom stereocenters. The van der Waals surface area contributed by atoms with Crippen molar-refractivity contribution in [1.82, 2.24) is 0 Å². The standard InChI is InChI=1S/C16H13ClF2O2S/c17-12-8-6-11(7-9-12)16(18,19)14-10-15(14)22(20,21)13-4-2-1-3-5-13/h1-9,14-15H,10H2/t14-,15+/m1/s1. The highest BCUT2D eigenvalue weighted by Crippen LogP contribution is 2.54. The van der Waals surface area contributed by atoms with E-state index in [1.165, 1.54) is 36.4 Å². The zero-order valence-corrected chi connectivity index (χ0v) is 13.0. The predicted molar refractivity (Wildman–Crippen MR) is 80.9 cm³/mol. The highest BCUT2D eigenvalue weighted by atomic mass is 35.5. The van der Waals surface area contributed by atoms with Gasteiger partial charge in [-0.25, -0.2) is 17.2 Å². The molecule has 1 aliphatic rings. The summed E-state index contributed by atoms with van der Waals surface area (Å²) < 4.78 is 53.7. The van der Waals surface area contributed by atoms with Gasteiger partial charge in [-0.2, -0.15) is 0 Å². The lowest BCUT2D eigenvalue weighted by Gasteiger charge is -2.17. The van der Waals surface area contributed by atoms with Gasteiger partial charge in [-0.3, -0.25) is 0 Å². The van der Waals surface area contributed by atoms with Gasteiger partial charge in [0.25, 0.3) is 5.92 Å². The van der Waals surface area contributed by atoms with Crippen molar-refractivity contribution in [1.29, 1.82) is 0 Å². The molecule has 0 heterocycles. The van der Waals surface area contributed by atoms with Crippen molar-refractivity contribution in [2.45, 2.75) is 22.5 Å². The van der Waals surface area contributed by atoms with Crippen LogP contribution in [0, 0.1) is 5.92 Å². The zero-order chi connectivity index (χ0) is 16.0. The van der Waals surface area contributed by atoms with E-state index in [0.29, 0.717) is 5.02 Å². The summed E-state index contributed by atoms with van der Waals surface area (Å²) in [4.78, 5) is 0.0920. The van der Waals surface area contributed by atoms with Crippen LogP contribution in [0.4, 0.5) is 8.78 Å². The lowest BCUT2D eigenvalue weighted by atomic mass is 10.0. The molecule has 0 aliphatic heterocycles. The second-order valence-corrected chi connectivity index (χ2v) is 7.97. The number of hydrogen-bond donors (Lipinski definition) is 0. The highest BCUT2D eigenvalue weighted by molar-refractivity contribution is 7.92. The molecule has 0 aromatic heterocycles.